The van der Waals surface area contributed by atoms with Crippen LogP contribution in [0.4, 0.5) is 0 Å². The van der Waals surface area contributed by atoms with Crippen LogP contribution in [0.5, 0.6) is 5.75 Å². The van der Waals surface area contributed by atoms with Gasteiger partial charge in [0.05, 0.1) is 10.1 Å². The van der Waals surface area contributed by atoms with Crippen molar-refractivity contribution in [2.24, 2.45) is 0 Å². The highest BCUT2D eigenvalue weighted by Crippen LogP contribution is 2.30. The third-order valence-corrected chi connectivity index (χ3v) is 5.03. The van der Waals surface area contributed by atoms with Gasteiger partial charge in [0.2, 0.25) is 0 Å². The Labute approximate surface area is 141 Å². The number of benzene rings is 1. The molecule has 3 rings (SSSR count). The molecular formula is C16H12BrCl2NO. The van der Waals surface area contributed by atoms with Crippen LogP contribution < -0.4 is 4.74 Å². The molecule has 5 heteroatoms. The van der Waals surface area contributed by atoms with Gasteiger partial charge >= 0.3 is 0 Å². The van der Waals surface area contributed by atoms with Crippen molar-refractivity contribution in [1.82, 2.24) is 4.40 Å². The van der Waals surface area contributed by atoms with Crippen molar-refractivity contribution in [3.05, 3.63) is 68.4 Å². The van der Waals surface area contributed by atoms with E-state index in [1.54, 1.807) is 0 Å². The van der Waals surface area contributed by atoms with E-state index in [1.807, 2.05) is 47.9 Å². The van der Waals surface area contributed by atoms with Gasteiger partial charge in [0.15, 0.2) is 0 Å². The molecular weight excluding hydrogens is 373 g/mol. The molecule has 0 bridgehead atoms. The molecule has 0 fully saturated rings. The van der Waals surface area contributed by atoms with E-state index >= 15 is 0 Å². The van der Waals surface area contributed by atoms with Gasteiger partial charge in [-0.25, -0.2) is 0 Å². The van der Waals surface area contributed by atoms with Crippen molar-refractivity contribution >= 4 is 44.6 Å². The van der Waals surface area contributed by atoms with Crippen molar-refractivity contribution in [2.75, 3.05) is 0 Å². The van der Waals surface area contributed by atoms with Gasteiger partial charge in [-0.2, -0.15) is 0 Å². The molecule has 2 aromatic heterocycles. The minimum Gasteiger partial charge on any atom is -0.487 e. The molecule has 2 nitrogen and oxygen atoms in total. The highest BCUT2D eigenvalue weighted by Gasteiger charge is 2.11. The Hall–Kier alpha value is -1.16. The number of halogens is 3. The van der Waals surface area contributed by atoms with E-state index in [0.717, 1.165) is 27.0 Å². The van der Waals surface area contributed by atoms with Gasteiger partial charge in [-0.1, -0.05) is 29.3 Å². The Morgan fingerprint density at radius 2 is 1.86 bits per heavy atom. The molecule has 0 amide bonds. The van der Waals surface area contributed by atoms with Crippen LogP contribution in [0.25, 0.3) is 5.52 Å². The summed E-state index contributed by atoms with van der Waals surface area (Å²) in [6.07, 6.45) is 1.99. The Morgan fingerprint density at radius 3 is 2.57 bits per heavy atom. The maximum Gasteiger partial charge on any atom is 0.143 e. The molecule has 2 heterocycles. The molecule has 0 saturated heterocycles. The van der Waals surface area contributed by atoms with Crippen molar-refractivity contribution < 1.29 is 4.74 Å². The minimum atomic E-state index is 0.333. The van der Waals surface area contributed by atoms with Gasteiger partial charge in [-0.3, -0.25) is 0 Å². The zero-order valence-electron chi connectivity index (χ0n) is 11.2. The minimum absolute atomic E-state index is 0.333. The molecule has 0 aliphatic carbocycles. The lowest BCUT2D eigenvalue weighted by Crippen LogP contribution is -1.99. The highest BCUT2D eigenvalue weighted by atomic mass is 79.9. The first kappa shape index (κ1) is 14.8. The van der Waals surface area contributed by atoms with E-state index in [9.17, 15) is 0 Å². The van der Waals surface area contributed by atoms with Crippen molar-refractivity contribution in [3.63, 3.8) is 0 Å². The smallest absolute Gasteiger partial charge is 0.143 e. The normalized spacial score (nSPS) is 11.0. The monoisotopic (exact) mass is 383 g/mol. The van der Waals surface area contributed by atoms with E-state index in [2.05, 4.69) is 22.0 Å². The van der Waals surface area contributed by atoms with Crippen molar-refractivity contribution in [3.8, 4) is 5.75 Å². The van der Waals surface area contributed by atoms with Crippen molar-refractivity contribution in [2.45, 2.75) is 13.5 Å². The first-order valence-electron chi connectivity index (χ1n) is 6.40. The number of aryl methyl sites for hydroxylation is 1. The lowest BCUT2D eigenvalue weighted by molar-refractivity contribution is 0.309. The third kappa shape index (κ3) is 2.78. The predicted molar refractivity (Wildman–Crippen MR) is 90.6 cm³/mol. The van der Waals surface area contributed by atoms with E-state index < -0.39 is 0 Å². The average molecular weight is 385 g/mol. The molecule has 0 unspecified atom stereocenters. The summed E-state index contributed by atoms with van der Waals surface area (Å²) in [7, 11) is 0. The molecule has 1 aromatic carbocycles. The Bertz CT molecular complexity index is 793. The van der Waals surface area contributed by atoms with Gasteiger partial charge in [0.25, 0.3) is 0 Å². The van der Waals surface area contributed by atoms with Crippen LogP contribution in [0.2, 0.25) is 10.0 Å². The summed E-state index contributed by atoms with van der Waals surface area (Å²) in [6.45, 7) is 2.38. The van der Waals surface area contributed by atoms with E-state index in [-0.39, 0.29) is 0 Å². The number of nitrogens with zero attached hydrogens (tertiary/aromatic N) is 1. The molecule has 108 valence electrons. The van der Waals surface area contributed by atoms with E-state index in [0.29, 0.717) is 16.7 Å². The van der Waals surface area contributed by atoms with Gasteiger partial charge in [0.1, 0.15) is 12.4 Å². The molecule has 0 spiro atoms. The molecule has 0 radical (unpaired) electrons. The Kier molecular flexibility index (Phi) is 4.16. The fourth-order valence-electron chi connectivity index (χ4n) is 2.21. The second-order valence-corrected chi connectivity index (χ2v) is 6.30. The number of hydrogen-bond acceptors (Lipinski definition) is 1. The average Bonchev–Trinajstić information content (AvgIpc) is 2.75. The Balaban J connectivity index is 1.94. The van der Waals surface area contributed by atoms with Crippen LogP contribution in [0.3, 0.4) is 0 Å². The standard InChI is InChI=1S/C16H12BrCl2NO/c1-10-8-14-15(6-3-7-20(14)16(10)17)21-9-11-12(18)4-2-5-13(11)19/h2-8H,9H2,1H3. The highest BCUT2D eigenvalue weighted by molar-refractivity contribution is 9.10. The lowest BCUT2D eigenvalue weighted by Gasteiger charge is -2.11. The number of aromatic nitrogens is 1. The zero-order valence-corrected chi connectivity index (χ0v) is 14.3. The third-order valence-electron chi connectivity index (χ3n) is 3.32. The first-order valence-corrected chi connectivity index (χ1v) is 7.94. The van der Waals surface area contributed by atoms with Crippen LogP contribution in [-0.2, 0) is 6.61 Å². The Morgan fingerprint density at radius 1 is 1.14 bits per heavy atom. The second kappa shape index (κ2) is 5.91. The topological polar surface area (TPSA) is 13.6 Å². The number of pyridine rings is 1. The van der Waals surface area contributed by atoms with Crippen LogP contribution in [0.1, 0.15) is 11.1 Å². The molecule has 0 N–H and O–H groups in total. The van der Waals surface area contributed by atoms with Crippen LogP contribution >= 0.6 is 39.1 Å². The van der Waals surface area contributed by atoms with Gasteiger partial charge in [0, 0.05) is 21.8 Å². The summed E-state index contributed by atoms with van der Waals surface area (Å²) < 4.78 is 8.99. The lowest BCUT2D eigenvalue weighted by atomic mass is 10.2. The molecule has 0 atom stereocenters. The van der Waals surface area contributed by atoms with Gasteiger partial charge in [-0.05, 0) is 58.7 Å². The molecule has 3 aromatic rings. The summed E-state index contributed by atoms with van der Waals surface area (Å²) in [5, 5.41) is 1.23. The molecule has 0 saturated carbocycles. The van der Waals surface area contributed by atoms with Crippen molar-refractivity contribution in [1.29, 1.82) is 0 Å². The fourth-order valence-corrected chi connectivity index (χ4v) is 3.14. The maximum atomic E-state index is 6.17. The molecule has 21 heavy (non-hydrogen) atoms. The molecule has 0 aliphatic rings. The zero-order chi connectivity index (χ0) is 15.0. The van der Waals surface area contributed by atoms with Crippen LogP contribution in [-0.4, -0.2) is 4.40 Å². The quantitative estimate of drug-likeness (QED) is 0.548. The molecule has 0 aliphatic heterocycles. The van der Waals surface area contributed by atoms with E-state index in [4.69, 9.17) is 27.9 Å². The summed E-state index contributed by atoms with van der Waals surface area (Å²) in [5.41, 5.74) is 2.96. The van der Waals surface area contributed by atoms with Gasteiger partial charge in [-0.15, -0.1) is 0 Å². The largest absolute Gasteiger partial charge is 0.487 e. The van der Waals surface area contributed by atoms with Gasteiger partial charge < -0.3 is 9.14 Å². The maximum absolute atomic E-state index is 6.17. The second-order valence-electron chi connectivity index (χ2n) is 4.73. The number of hydrogen-bond donors (Lipinski definition) is 0. The fraction of sp³-hybridized carbons (Fsp3) is 0.125. The SMILES string of the molecule is Cc1cc2c(OCc3c(Cl)cccc3Cl)cccn2c1Br. The predicted octanol–water partition coefficient (Wildman–Crippen LogP) is 5.90. The summed E-state index contributed by atoms with van der Waals surface area (Å²) in [6, 6.07) is 11.4. The van der Waals surface area contributed by atoms with Crippen LogP contribution in [0.15, 0.2) is 47.2 Å². The number of rotatable bonds is 3. The van der Waals surface area contributed by atoms with Crippen LogP contribution in [0, 0.1) is 6.92 Å². The first-order chi connectivity index (χ1) is 10.1. The summed E-state index contributed by atoms with van der Waals surface area (Å²) in [5.74, 6) is 0.794. The number of ether oxygens (including phenoxy) is 1. The summed E-state index contributed by atoms with van der Waals surface area (Å²) in [4.78, 5) is 0. The summed E-state index contributed by atoms with van der Waals surface area (Å²) >= 11 is 15.9. The van der Waals surface area contributed by atoms with E-state index in [1.165, 1.54) is 0 Å². The number of fused-ring (bicyclic) bond motifs is 1.